The van der Waals surface area contributed by atoms with Gasteiger partial charge >= 0.3 is 0 Å². The largest absolute Gasteiger partial charge is 0.396 e. The number of benzene rings is 1. The Morgan fingerprint density at radius 3 is 3.00 bits per heavy atom. The summed E-state index contributed by atoms with van der Waals surface area (Å²) in [6.07, 6.45) is 1.50. The molecule has 6 heteroatoms. The molecular formula is C14H12FN3OS. The Morgan fingerprint density at radius 1 is 1.45 bits per heavy atom. The highest BCUT2D eigenvalue weighted by Gasteiger charge is 2.09. The van der Waals surface area contributed by atoms with Crippen LogP contribution < -0.4 is 11.3 Å². The number of fused-ring (bicyclic) bond motifs is 1. The Bertz CT molecular complexity index is 853. The average molecular weight is 289 g/mol. The Balaban J connectivity index is 2.04. The zero-order valence-corrected chi connectivity index (χ0v) is 11.6. The van der Waals surface area contributed by atoms with E-state index >= 15 is 0 Å². The van der Waals surface area contributed by atoms with Gasteiger partial charge in [0.2, 0.25) is 0 Å². The Hall–Kier alpha value is -2.21. The van der Waals surface area contributed by atoms with Crippen molar-refractivity contribution >= 4 is 27.2 Å². The van der Waals surface area contributed by atoms with Crippen molar-refractivity contribution in [3.63, 3.8) is 0 Å². The molecule has 0 unspecified atom stereocenters. The molecule has 0 aliphatic rings. The van der Waals surface area contributed by atoms with Gasteiger partial charge in [0.1, 0.15) is 10.5 Å². The Labute approximate surface area is 118 Å². The molecule has 0 fully saturated rings. The molecule has 3 aromatic rings. The first kappa shape index (κ1) is 12.8. The van der Waals surface area contributed by atoms with Crippen molar-refractivity contribution in [2.45, 2.75) is 13.5 Å². The van der Waals surface area contributed by atoms with E-state index in [1.807, 2.05) is 12.3 Å². The molecule has 0 saturated heterocycles. The van der Waals surface area contributed by atoms with E-state index in [1.165, 1.54) is 34.4 Å². The van der Waals surface area contributed by atoms with E-state index in [1.54, 1.807) is 6.07 Å². The smallest absolute Gasteiger partial charge is 0.271 e. The summed E-state index contributed by atoms with van der Waals surface area (Å²) in [6, 6.07) is 4.54. The normalized spacial score (nSPS) is 11.1. The van der Waals surface area contributed by atoms with Gasteiger partial charge in [0.25, 0.3) is 5.56 Å². The molecule has 0 spiro atoms. The maximum absolute atomic E-state index is 13.4. The molecule has 2 heterocycles. The molecule has 0 aliphatic heterocycles. The summed E-state index contributed by atoms with van der Waals surface area (Å²) in [5.41, 5.74) is 7.83. The molecule has 102 valence electrons. The maximum Gasteiger partial charge on any atom is 0.271 e. The van der Waals surface area contributed by atoms with Crippen LogP contribution in [0.2, 0.25) is 0 Å². The molecular weight excluding hydrogens is 277 g/mol. The second-order valence-corrected chi connectivity index (χ2v) is 5.51. The molecule has 0 saturated carbocycles. The van der Waals surface area contributed by atoms with E-state index in [4.69, 9.17) is 5.73 Å². The number of hydrogen-bond donors (Lipinski definition) is 1. The fourth-order valence-corrected chi connectivity index (χ4v) is 2.99. The monoisotopic (exact) mass is 289 g/mol. The highest BCUT2D eigenvalue weighted by atomic mass is 32.1. The number of nitrogens with two attached hydrogens (primary N) is 1. The van der Waals surface area contributed by atoms with Crippen LogP contribution in [-0.2, 0) is 6.54 Å². The second-order valence-electron chi connectivity index (χ2n) is 4.63. The van der Waals surface area contributed by atoms with Crippen LogP contribution in [-0.4, -0.2) is 9.55 Å². The van der Waals surface area contributed by atoms with Gasteiger partial charge < -0.3 is 5.73 Å². The van der Waals surface area contributed by atoms with Crippen molar-refractivity contribution in [2.24, 2.45) is 0 Å². The van der Waals surface area contributed by atoms with E-state index in [9.17, 15) is 9.18 Å². The third kappa shape index (κ3) is 2.08. The predicted octanol–water partition coefficient (Wildman–Crippen LogP) is 2.54. The van der Waals surface area contributed by atoms with Gasteiger partial charge in [-0.25, -0.2) is 9.37 Å². The summed E-state index contributed by atoms with van der Waals surface area (Å²) < 4.78 is 15.5. The van der Waals surface area contributed by atoms with E-state index < -0.39 is 5.82 Å². The number of anilines is 1. The molecule has 20 heavy (non-hydrogen) atoms. The quantitative estimate of drug-likeness (QED) is 0.737. The third-order valence-electron chi connectivity index (χ3n) is 3.14. The van der Waals surface area contributed by atoms with Crippen LogP contribution in [0.1, 0.15) is 11.1 Å². The summed E-state index contributed by atoms with van der Waals surface area (Å²) in [5.74, 6) is -0.475. The summed E-state index contributed by atoms with van der Waals surface area (Å²) >= 11 is 1.38. The fourth-order valence-electron chi connectivity index (χ4n) is 2.04. The lowest BCUT2D eigenvalue weighted by Gasteiger charge is -2.06. The number of aryl methyl sites for hydroxylation is 1. The van der Waals surface area contributed by atoms with Crippen LogP contribution in [0.3, 0.4) is 0 Å². The second kappa shape index (κ2) is 4.72. The van der Waals surface area contributed by atoms with Crippen molar-refractivity contribution < 1.29 is 4.39 Å². The minimum absolute atomic E-state index is 0.101. The number of nitrogens with zero attached hydrogens (tertiary/aromatic N) is 2. The van der Waals surface area contributed by atoms with Gasteiger partial charge in [-0.1, -0.05) is 6.07 Å². The van der Waals surface area contributed by atoms with Crippen molar-refractivity contribution in [1.82, 2.24) is 9.55 Å². The average Bonchev–Trinajstić information content (AvgIpc) is 2.80. The molecule has 0 bridgehead atoms. The summed E-state index contributed by atoms with van der Waals surface area (Å²) in [5, 5.41) is 1.91. The lowest BCUT2D eigenvalue weighted by atomic mass is 10.2. The first-order chi connectivity index (χ1) is 9.56. The molecule has 3 rings (SSSR count). The van der Waals surface area contributed by atoms with Crippen LogP contribution in [0, 0.1) is 12.7 Å². The van der Waals surface area contributed by atoms with Crippen molar-refractivity contribution in [3.8, 4) is 0 Å². The minimum atomic E-state index is -0.475. The van der Waals surface area contributed by atoms with E-state index in [0.717, 1.165) is 11.1 Å². The van der Waals surface area contributed by atoms with Gasteiger partial charge in [0.15, 0.2) is 0 Å². The third-order valence-corrected chi connectivity index (χ3v) is 4.22. The number of thiophene rings is 1. The molecule has 2 aromatic heterocycles. The molecule has 4 nitrogen and oxygen atoms in total. The highest BCUT2D eigenvalue weighted by molar-refractivity contribution is 7.17. The SMILES string of the molecule is Cc1csc2c(=O)n(Cc3ccc(N)c(F)c3)cnc12. The summed E-state index contributed by atoms with van der Waals surface area (Å²) in [6.45, 7) is 2.20. The Morgan fingerprint density at radius 2 is 2.25 bits per heavy atom. The number of aromatic nitrogens is 2. The summed E-state index contributed by atoms with van der Waals surface area (Å²) in [7, 11) is 0. The standard InChI is InChI=1S/C14H12FN3OS/c1-8-6-20-13-12(8)17-7-18(14(13)19)5-9-2-3-11(16)10(15)4-9/h2-4,6-7H,5,16H2,1H3. The number of halogens is 1. The van der Waals surface area contributed by atoms with E-state index in [0.29, 0.717) is 10.3 Å². The Kier molecular flexibility index (Phi) is 3.02. The predicted molar refractivity (Wildman–Crippen MR) is 78.5 cm³/mol. The lowest BCUT2D eigenvalue weighted by molar-refractivity contribution is 0.627. The summed E-state index contributed by atoms with van der Waals surface area (Å²) in [4.78, 5) is 16.6. The molecule has 0 amide bonds. The number of nitrogen functional groups attached to an aromatic ring is 1. The number of hydrogen-bond acceptors (Lipinski definition) is 4. The van der Waals surface area contributed by atoms with E-state index in [-0.39, 0.29) is 17.8 Å². The molecule has 0 aliphatic carbocycles. The van der Waals surface area contributed by atoms with Crippen molar-refractivity contribution in [3.05, 3.63) is 57.2 Å². The van der Waals surface area contributed by atoms with Gasteiger partial charge in [-0.15, -0.1) is 11.3 Å². The van der Waals surface area contributed by atoms with Crippen molar-refractivity contribution in [1.29, 1.82) is 0 Å². The van der Waals surface area contributed by atoms with Gasteiger partial charge in [-0.05, 0) is 35.6 Å². The first-order valence-electron chi connectivity index (χ1n) is 6.03. The van der Waals surface area contributed by atoms with Gasteiger partial charge in [0, 0.05) is 0 Å². The molecule has 2 N–H and O–H groups in total. The van der Waals surface area contributed by atoms with Crippen LogP contribution in [0.5, 0.6) is 0 Å². The van der Waals surface area contributed by atoms with Crippen LogP contribution in [0.4, 0.5) is 10.1 Å². The van der Waals surface area contributed by atoms with Crippen LogP contribution in [0.25, 0.3) is 10.2 Å². The molecule has 1 aromatic carbocycles. The van der Waals surface area contributed by atoms with Gasteiger partial charge in [0.05, 0.1) is 24.1 Å². The zero-order valence-electron chi connectivity index (χ0n) is 10.8. The number of rotatable bonds is 2. The van der Waals surface area contributed by atoms with Crippen LogP contribution >= 0.6 is 11.3 Å². The zero-order chi connectivity index (χ0) is 14.3. The molecule has 0 atom stereocenters. The van der Waals surface area contributed by atoms with Crippen LogP contribution in [0.15, 0.2) is 34.7 Å². The molecule has 0 radical (unpaired) electrons. The first-order valence-corrected chi connectivity index (χ1v) is 6.91. The highest BCUT2D eigenvalue weighted by Crippen LogP contribution is 2.19. The fraction of sp³-hybridized carbons (Fsp3) is 0.143. The maximum atomic E-state index is 13.4. The van der Waals surface area contributed by atoms with Gasteiger partial charge in [-0.3, -0.25) is 9.36 Å². The minimum Gasteiger partial charge on any atom is -0.396 e. The topological polar surface area (TPSA) is 60.9 Å². The van der Waals surface area contributed by atoms with Crippen molar-refractivity contribution in [2.75, 3.05) is 5.73 Å². The van der Waals surface area contributed by atoms with Gasteiger partial charge in [-0.2, -0.15) is 0 Å². The lowest BCUT2D eigenvalue weighted by Crippen LogP contribution is -2.20. The van der Waals surface area contributed by atoms with E-state index in [2.05, 4.69) is 4.98 Å².